The van der Waals surface area contributed by atoms with Gasteiger partial charge >= 0.3 is 5.97 Å². The van der Waals surface area contributed by atoms with Crippen LogP contribution in [0.3, 0.4) is 0 Å². The van der Waals surface area contributed by atoms with Crippen molar-refractivity contribution in [3.8, 4) is 0 Å². The smallest absolute Gasteiger partial charge is 0.360 e. The minimum absolute atomic E-state index is 0.0740. The molecule has 0 saturated heterocycles. The van der Waals surface area contributed by atoms with Gasteiger partial charge in [-0.2, -0.15) is 10.2 Å². The van der Waals surface area contributed by atoms with E-state index < -0.39 is 5.97 Å². The summed E-state index contributed by atoms with van der Waals surface area (Å²) >= 11 is 0. The second kappa shape index (κ2) is 5.55. The van der Waals surface area contributed by atoms with Gasteiger partial charge in [0.2, 0.25) is 0 Å². The van der Waals surface area contributed by atoms with E-state index in [2.05, 4.69) is 20.3 Å². The number of carbonyl (C=O) groups is 2. The summed E-state index contributed by atoms with van der Waals surface area (Å²) in [6, 6.07) is 1.58. The van der Waals surface area contributed by atoms with Gasteiger partial charge in [-0.3, -0.25) is 14.2 Å². The molecule has 1 amide bonds. The number of aryl methyl sites for hydroxylation is 2. The first kappa shape index (κ1) is 13.8. The Morgan fingerprint density at radius 3 is 2.75 bits per heavy atom. The van der Waals surface area contributed by atoms with Gasteiger partial charge < -0.3 is 10.1 Å². The zero-order valence-electron chi connectivity index (χ0n) is 11.5. The molecule has 0 bridgehead atoms. The van der Waals surface area contributed by atoms with E-state index in [-0.39, 0.29) is 11.6 Å². The monoisotopic (exact) mass is 277 g/mol. The zero-order valence-corrected chi connectivity index (χ0v) is 11.5. The van der Waals surface area contributed by atoms with Gasteiger partial charge in [0.05, 0.1) is 12.8 Å². The van der Waals surface area contributed by atoms with Crippen LogP contribution in [0.15, 0.2) is 18.5 Å². The number of rotatable bonds is 4. The van der Waals surface area contributed by atoms with Crippen LogP contribution in [0, 0.1) is 0 Å². The maximum absolute atomic E-state index is 12.1. The summed E-state index contributed by atoms with van der Waals surface area (Å²) in [7, 11) is 2.92. The van der Waals surface area contributed by atoms with Crippen LogP contribution in [-0.4, -0.2) is 38.5 Å². The summed E-state index contributed by atoms with van der Waals surface area (Å²) in [5.74, 6) is -0.969. The van der Waals surface area contributed by atoms with Crippen LogP contribution in [0.2, 0.25) is 0 Å². The van der Waals surface area contributed by atoms with Crippen LogP contribution in [-0.2, 0) is 18.3 Å². The Bertz CT molecular complexity index is 643. The van der Waals surface area contributed by atoms with Crippen molar-refractivity contribution in [2.24, 2.45) is 7.05 Å². The number of hydrogen-bond acceptors (Lipinski definition) is 5. The van der Waals surface area contributed by atoms with Crippen molar-refractivity contribution < 1.29 is 14.3 Å². The number of nitrogens with zero attached hydrogens (tertiary/aromatic N) is 4. The molecule has 0 unspecified atom stereocenters. The third-order valence-electron chi connectivity index (χ3n) is 2.77. The fourth-order valence-corrected chi connectivity index (χ4v) is 1.71. The summed E-state index contributed by atoms with van der Waals surface area (Å²) in [6.07, 6.45) is 3.10. The Morgan fingerprint density at radius 1 is 1.45 bits per heavy atom. The molecule has 0 aliphatic rings. The van der Waals surface area contributed by atoms with Crippen molar-refractivity contribution in [2.75, 3.05) is 12.4 Å². The molecule has 8 nitrogen and oxygen atoms in total. The predicted octanol–water partition coefficient (Wildman–Crippen LogP) is 0.675. The van der Waals surface area contributed by atoms with Gasteiger partial charge in [0, 0.05) is 26.0 Å². The van der Waals surface area contributed by atoms with Crippen LogP contribution in [0.5, 0.6) is 0 Å². The topological polar surface area (TPSA) is 91.0 Å². The van der Waals surface area contributed by atoms with E-state index >= 15 is 0 Å². The molecule has 2 rings (SSSR count). The highest BCUT2D eigenvalue weighted by Gasteiger charge is 2.20. The van der Waals surface area contributed by atoms with Gasteiger partial charge in [0.15, 0.2) is 5.69 Å². The lowest BCUT2D eigenvalue weighted by atomic mass is 10.3. The summed E-state index contributed by atoms with van der Waals surface area (Å²) in [6.45, 7) is 2.45. The molecule has 106 valence electrons. The van der Waals surface area contributed by atoms with E-state index in [9.17, 15) is 9.59 Å². The average Bonchev–Trinajstić information content (AvgIpc) is 3.04. The highest BCUT2D eigenvalue weighted by molar-refractivity contribution is 6.06. The van der Waals surface area contributed by atoms with E-state index in [0.717, 1.165) is 0 Å². The number of carbonyl (C=O) groups excluding carboxylic acids is 2. The first-order valence-electron chi connectivity index (χ1n) is 6.02. The minimum Gasteiger partial charge on any atom is -0.464 e. The molecule has 0 spiro atoms. The second-order valence-electron chi connectivity index (χ2n) is 4.03. The summed E-state index contributed by atoms with van der Waals surface area (Å²) in [4.78, 5) is 23.7. The van der Waals surface area contributed by atoms with E-state index in [1.54, 1.807) is 24.0 Å². The number of anilines is 1. The molecule has 0 atom stereocenters. The summed E-state index contributed by atoms with van der Waals surface area (Å²) in [5, 5.41) is 10.6. The molecule has 0 saturated carbocycles. The molecule has 2 heterocycles. The number of amides is 1. The molecule has 0 radical (unpaired) electrons. The van der Waals surface area contributed by atoms with Crippen molar-refractivity contribution in [1.29, 1.82) is 0 Å². The molecule has 0 fully saturated rings. The van der Waals surface area contributed by atoms with Gasteiger partial charge in [0.25, 0.3) is 5.91 Å². The summed E-state index contributed by atoms with van der Waals surface area (Å²) in [5.41, 5.74) is 0.764. The third-order valence-corrected chi connectivity index (χ3v) is 2.77. The third kappa shape index (κ3) is 2.53. The lowest BCUT2D eigenvalue weighted by Crippen LogP contribution is -2.17. The van der Waals surface area contributed by atoms with Gasteiger partial charge in [-0.15, -0.1) is 0 Å². The highest BCUT2D eigenvalue weighted by Crippen LogP contribution is 2.16. The number of methoxy groups -OCH3 is 1. The standard InChI is InChI=1S/C12H15N5O3/c1-4-17-7-8(10(15-17)12(19)20-3)14-11(18)9-5-6-13-16(9)2/h5-7H,4H2,1-3H3,(H,14,18). The lowest BCUT2D eigenvalue weighted by Gasteiger charge is -2.04. The normalized spacial score (nSPS) is 10.3. The van der Waals surface area contributed by atoms with Crippen LogP contribution in [0.4, 0.5) is 5.69 Å². The fourth-order valence-electron chi connectivity index (χ4n) is 1.71. The molecule has 2 aromatic heterocycles. The van der Waals surface area contributed by atoms with E-state index in [4.69, 9.17) is 0 Å². The lowest BCUT2D eigenvalue weighted by molar-refractivity contribution is 0.0594. The maximum Gasteiger partial charge on any atom is 0.360 e. The van der Waals surface area contributed by atoms with Gasteiger partial charge in [0.1, 0.15) is 5.69 Å². The minimum atomic E-state index is -0.600. The van der Waals surface area contributed by atoms with Crippen molar-refractivity contribution in [3.63, 3.8) is 0 Å². The molecule has 0 aromatic carbocycles. The zero-order chi connectivity index (χ0) is 14.7. The van der Waals surface area contributed by atoms with Crippen LogP contribution in [0.1, 0.15) is 27.9 Å². The fraction of sp³-hybridized carbons (Fsp3) is 0.333. The Kier molecular flexibility index (Phi) is 3.83. The Balaban J connectivity index is 2.29. The van der Waals surface area contributed by atoms with E-state index in [1.165, 1.54) is 18.0 Å². The van der Waals surface area contributed by atoms with Gasteiger partial charge in [-0.1, -0.05) is 0 Å². The molecular weight excluding hydrogens is 262 g/mol. The van der Waals surface area contributed by atoms with Gasteiger partial charge in [-0.25, -0.2) is 4.79 Å². The number of aromatic nitrogens is 4. The molecule has 0 aliphatic carbocycles. The number of hydrogen-bond donors (Lipinski definition) is 1. The van der Waals surface area contributed by atoms with Crippen molar-refractivity contribution in [1.82, 2.24) is 19.6 Å². The van der Waals surface area contributed by atoms with E-state index in [1.807, 2.05) is 6.92 Å². The molecule has 0 aliphatic heterocycles. The summed E-state index contributed by atoms with van der Waals surface area (Å²) < 4.78 is 7.64. The number of nitrogens with one attached hydrogen (secondary N) is 1. The van der Waals surface area contributed by atoms with E-state index in [0.29, 0.717) is 17.9 Å². The second-order valence-corrected chi connectivity index (χ2v) is 4.03. The van der Waals surface area contributed by atoms with Crippen LogP contribution >= 0.6 is 0 Å². The Morgan fingerprint density at radius 2 is 2.20 bits per heavy atom. The number of ether oxygens (including phenoxy) is 1. The SMILES string of the molecule is CCn1cc(NC(=O)c2ccnn2C)c(C(=O)OC)n1. The van der Waals surface area contributed by atoms with Gasteiger partial charge in [-0.05, 0) is 13.0 Å². The van der Waals surface area contributed by atoms with Crippen LogP contribution in [0.25, 0.3) is 0 Å². The Labute approximate surface area is 115 Å². The molecule has 20 heavy (non-hydrogen) atoms. The molecule has 8 heteroatoms. The highest BCUT2D eigenvalue weighted by atomic mass is 16.5. The first-order chi connectivity index (χ1) is 9.56. The quantitative estimate of drug-likeness (QED) is 0.830. The van der Waals surface area contributed by atoms with Crippen molar-refractivity contribution in [3.05, 3.63) is 29.8 Å². The molecule has 2 aromatic rings. The van der Waals surface area contributed by atoms with Crippen LogP contribution < -0.4 is 5.32 Å². The molecular formula is C12H15N5O3. The maximum atomic E-state index is 12.1. The van der Waals surface area contributed by atoms with Crippen molar-refractivity contribution >= 4 is 17.6 Å². The largest absolute Gasteiger partial charge is 0.464 e. The predicted molar refractivity (Wildman–Crippen MR) is 70.4 cm³/mol. The number of esters is 1. The van der Waals surface area contributed by atoms with Crippen molar-refractivity contribution in [2.45, 2.75) is 13.5 Å². The average molecular weight is 277 g/mol. The molecule has 1 N–H and O–H groups in total. The Hall–Kier alpha value is -2.64. The first-order valence-corrected chi connectivity index (χ1v) is 6.02.